The number of aliphatic hydroxyl groups excluding tert-OH is 1. The number of aliphatic hydroxyl groups is 1. The van der Waals surface area contributed by atoms with E-state index in [1.165, 1.54) is 135 Å². The average molecular weight is 536 g/mol. The van der Waals surface area contributed by atoms with Crippen LogP contribution in [0.5, 0.6) is 0 Å². The molecule has 0 bridgehead atoms. The van der Waals surface area contributed by atoms with Crippen molar-refractivity contribution in [1.82, 2.24) is 5.32 Å². The lowest BCUT2D eigenvalue weighted by molar-refractivity contribution is -0.122. The topological polar surface area (TPSA) is 49.3 Å². The number of carbonyl (C=O) groups excluding carboxylic acids is 1. The van der Waals surface area contributed by atoms with Gasteiger partial charge in [-0.05, 0) is 44.9 Å². The number of carbonyl (C=O) groups is 1. The van der Waals surface area contributed by atoms with Crippen LogP contribution < -0.4 is 5.32 Å². The van der Waals surface area contributed by atoms with E-state index in [9.17, 15) is 9.90 Å². The largest absolute Gasteiger partial charge is 0.391 e. The highest BCUT2D eigenvalue weighted by atomic mass is 16.3. The van der Waals surface area contributed by atoms with E-state index < -0.39 is 6.10 Å². The molecule has 2 N–H and O–H groups in total. The van der Waals surface area contributed by atoms with Crippen molar-refractivity contribution in [1.29, 1.82) is 0 Å². The maximum Gasteiger partial charge on any atom is 0.220 e. The summed E-state index contributed by atoms with van der Waals surface area (Å²) in [5.74, 6) is 0.123. The molecule has 3 nitrogen and oxygen atoms in total. The van der Waals surface area contributed by atoms with Crippen LogP contribution in [0, 0.1) is 0 Å². The first-order chi connectivity index (χ1) is 18.7. The standard InChI is InChI=1S/C35H69NO2/c1-4-7-9-11-13-15-17-18-19-20-22-23-25-27-29-31-34(37)33(6-3)36-35(38)32-30-28-26-24-21-16-14-12-10-8-5-2/h15,17,33-34,37H,4-14,16,18-32H2,1-3H3,(H,36,38)/b17-15-. The van der Waals surface area contributed by atoms with Crippen LogP contribution in [-0.4, -0.2) is 23.2 Å². The molecule has 2 unspecified atom stereocenters. The normalized spacial score (nSPS) is 13.3. The number of nitrogens with one attached hydrogen (secondary N) is 1. The smallest absolute Gasteiger partial charge is 0.220 e. The summed E-state index contributed by atoms with van der Waals surface area (Å²) >= 11 is 0. The zero-order chi connectivity index (χ0) is 27.9. The minimum absolute atomic E-state index is 0.0880. The third kappa shape index (κ3) is 26.8. The Morgan fingerprint density at radius 1 is 0.579 bits per heavy atom. The van der Waals surface area contributed by atoms with Crippen molar-refractivity contribution in [3.63, 3.8) is 0 Å². The van der Waals surface area contributed by atoms with Gasteiger partial charge in [0.25, 0.3) is 0 Å². The van der Waals surface area contributed by atoms with Crippen LogP contribution in [0.25, 0.3) is 0 Å². The summed E-state index contributed by atoms with van der Waals surface area (Å²) in [6.45, 7) is 6.60. The van der Waals surface area contributed by atoms with Crippen LogP contribution in [0.2, 0.25) is 0 Å². The molecular weight excluding hydrogens is 466 g/mol. The second-order valence-corrected chi connectivity index (χ2v) is 11.8. The molecule has 0 aromatic carbocycles. The van der Waals surface area contributed by atoms with E-state index in [1.54, 1.807) is 0 Å². The number of unbranched alkanes of at least 4 members (excludes halogenated alkanes) is 21. The third-order valence-electron chi connectivity index (χ3n) is 8.02. The van der Waals surface area contributed by atoms with E-state index in [1.807, 2.05) is 0 Å². The van der Waals surface area contributed by atoms with Crippen LogP contribution in [0.3, 0.4) is 0 Å². The van der Waals surface area contributed by atoms with Gasteiger partial charge < -0.3 is 10.4 Å². The molecule has 0 radical (unpaired) electrons. The van der Waals surface area contributed by atoms with Crippen molar-refractivity contribution in [3.8, 4) is 0 Å². The lowest BCUT2D eigenvalue weighted by Crippen LogP contribution is -2.42. The van der Waals surface area contributed by atoms with Crippen molar-refractivity contribution in [2.45, 2.75) is 206 Å². The molecule has 0 aliphatic rings. The van der Waals surface area contributed by atoms with E-state index in [-0.39, 0.29) is 11.9 Å². The lowest BCUT2D eigenvalue weighted by Gasteiger charge is -2.23. The third-order valence-corrected chi connectivity index (χ3v) is 8.02. The van der Waals surface area contributed by atoms with E-state index >= 15 is 0 Å². The highest BCUT2D eigenvalue weighted by Gasteiger charge is 2.18. The van der Waals surface area contributed by atoms with Gasteiger partial charge in [0.15, 0.2) is 0 Å². The zero-order valence-corrected chi connectivity index (χ0v) is 26.3. The monoisotopic (exact) mass is 536 g/mol. The summed E-state index contributed by atoms with van der Waals surface area (Å²) in [6, 6.07) is -0.0880. The second kappa shape index (κ2) is 30.7. The molecule has 0 saturated carbocycles. The Kier molecular flexibility index (Phi) is 30.0. The number of hydrogen-bond acceptors (Lipinski definition) is 2. The van der Waals surface area contributed by atoms with Crippen molar-refractivity contribution < 1.29 is 9.90 Å². The van der Waals surface area contributed by atoms with Gasteiger partial charge in [-0.2, -0.15) is 0 Å². The molecule has 3 heteroatoms. The molecule has 0 aromatic rings. The Hall–Kier alpha value is -0.830. The Labute approximate surface area is 239 Å². The number of rotatable bonds is 30. The highest BCUT2D eigenvalue weighted by Crippen LogP contribution is 2.15. The van der Waals surface area contributed by atoms with Crippen molar-refractivity contribution in [2.75, 3.05) is 0 Å². The van der Waals surface area contributed by atoms with Crippen LogP contribution in [-0.2, 0) is 4.79 Å². The van der Waals surface area contributed by atoms with Crippen molar-refractivity contribution in [2.24, 2.45) is 0 Å². The molecule has 0 spiro atoms. The van der Waals surface area contributed by atoms with Crippen LogP contribution >= 0.6 is 0 Å². The van der Waals surface area contributed by atoms with Gasteiger partial charge in [0.1, 0.15) is 0 Å². The SMILES string of the molecule is CCCCCC/C=C\CCCCCCCCCC(O)C(CC)NC(=O)CCCCCCCCCCCCC. The minimum atomic E-state index is -0.407. The lowest BCUT2D eigenvalue weighted by atomic mass is 10.00. The van der Waals surface area contributed by atoms with Crippen molar-refractivity contribution in [3.05, 3.63) is 12.2 Å². The summed E-state index contributed by atoms with van der Waals surface area (Å²) in [7, 11) is 0. The molecule has 0 aliphatic heterocycles. The summed E-state index contributed by atoms with van der Waals surface area (Å²) < 4.78 is 0. The van der Waals surface area contributed by atoms with Gasteiger partial charge in [0.2, 0.25) is 5.91 Å². The predicted octanol–water partition coefficient (Wildman–Crippen LogP) is 11.0. The molecule has 0 heterocycles. The first-order valence-electron chi connectivity index (χ1n) is 17.3. The summed E-state index contributed by atoms with van der Waals surface area (Å²) in [4.78, 5) is 12.4. The zero-order valence-electron chi connectivity index (χ0n) is 26.3. The molecule has 0 saturated heterocycles. The van der Waals surface area contributed by atoms with Gasteiger partial charge in [-0.3, -0.25) is 4.79 Å². The van der Waals surface area contributed by atoms with Gasteiger partial charge in [0.05, 0.1) is 12.1 Å². The molecule has 38 heavy (non-hydrogen) atoms. The maximum atomic E-state index is 12.4. The van der Waals surface area contributed by atoms with Crippen LogP contribution in [0.1, 0.15) is 194 Å². The van der Waals surface area contributed by atoms with Crippen LogP contribution in [0.15, 0.2) is 12.2 Å². The molecule has 226 valence electrons. The van der Waals surface area contributed by atoms with Gasteiger partial charge in [0, 0.05) is 6.42 Å². The number of allylic oxidation sites excluding steroid dienone is 2. The van der Waals surface area contributed by atoms with E-state index in [0.29, 0.717) is 6.42 Å². The maximum absolute atomic E-state index is 12.4. The molecule has 0 aromatic heterocycles. The fraction of sp³-hybridized carbons (Fsp3) is 0.914. The fourth-order valence-corrected chi connectivity index (χ4v) is 5.32. The Morgan fingerprint density at radius 2 is 0.974 bits per heavy atom. The van der Waals surface area contributed by atoms with Gasteiger partial charge in [-0.15, -0.1) is 0 Å². The van der Waals surface area contributed by atoms with Gasteiger partial charge in [-0.1, -0.05) is 155 Å². The summed E-state index contributed by atoms with van der Waals surface area (Å²) in [5, 5.41) is 13.7. The predicted molar refractivity (Wildman–Crippen MR) is 169 cm³/mol. The van der Waals surface area contributed by atoms with Gasteiger partial charge in [-0.25, -0.2) is 0 Å². The van der Waals surface area contributed by atoms with Crippen molar-refractivity contribution >= 4 is 5.91 Å². The average Bonchev–Trinajstić information content (AvgIpc) is 2.92. The number of amides is 1. The summed E-state index contributed by atoms with van der Waals surface area (Å²) in [5.41, 5.74) is 0. The second-order valence-electron chi connectivity index (χ2n) is 11.8. The molecule has 1 amide bonds. The molecule has 0 aliphatic carbocycles. The fourth-order valence-electron chi connectivity index (χ4n) is 5.32. The first-order valence-corrected chi connectivity index (χ1v) is 17.3. The van der Waals surface area contributed by atoms with E-state index in [2.05, 4.69) is 38.2 Å². The first kappa shape index (κ1) is 37.2. The quantitative estimate of drug-likeness (QED) is 0.0709. The molecule has 0 fully saturated rings. The Bertz CT molecular complexity index is 504. The highest BCUT2D eigenvalue weighted by molar-refractivity contribution is 5.76. The van der Waals surface area contributed by atoms with E-state index in [4.69, 9.17) is 0 Å². The van der Waals surface area contributed by atoms with E-state index in [0.717, 1.165) is 32.1 Å². The summed E-state index contributed by atoms with van der Waals surface area (Å²) in [6.07, 6.45) is 37.6. The van der Waals surface area contributed by atoms with Crippen LogP contribution in [0.4, 0.5) is 0 Å². The number of hydrogen-bond donors (Lipinski definition) is 2. The Balaban J connectivity index is 3.58. The van der Waals surface area contributed by atoms with Gasteiger partial charge >= 0.3 is 0 Å². The Morgan fingerprint density at radius 3 is 1.45 bits per heavy atom. The molecule has 0 rings (SSSR count). The molecular formula is C35H69NO2. The minimum Gasteiger partial charge on any atom is -0.391 e. The molecule has 2 atom stereocenters.